The molecule has 2 aliphatic rings. The molecule has 5 heteroatoms. The first-order valence-corrected chi connectivity index (χ1v) is 9.12. The van der Waals surface area contributed by atoms with Crippen LogP contribution in [-0.4, -0.2) is 17.4 Å². The highest BCUT2D eigenvalue weighted by atomic mass is 19.4. The molecule has 0 aromatic heterocycles. The smallest absolute Gasteiger partial charge is 0.338 e. The highest BCUT2D eigenvalue weighted by molar-refractivity contribution is 5.83. The van der Waals surface area contributed by atoms with E-state index in [2.05, 4.69) is 20.8 Å². The van der Waals surface area contributed by atoms with Gasteiger partial charge < -0.3 is 4.90 Å². The van der Waals surface area contributed by atoms with Crippen LogP contribution in [0.1, 0.15) is 56.7 Å². The Balaban J connectivity index is 1.85. The zero-order valence-electron chi connectivity index (χ0n) is 15.1. The summed E-state index contributed by atoms with van der Waals surface area (Å²) in [6.45, 7) is 7.25. The number of alkyl halides is 3. The molecule has 3 rings (SSSR count). The summed E-state index contributed by atoms with van der Waals surface area (Å²) in [7, 11) is 0. The lowest BCUT2D eigenvalue weighted by molar-refractivity contribution is -0.146. The molecule has 0 spiro atoms. The van der Waals surface area contributed by atoms with Gasteiger partial charge in [0.15, 0.2) is 0 Å². The topological polar surface area (TPSA) is 20.3 Å². The second-order valence-electron chi connectivity index (χ2n) is 8.12. The van der Waals surface area contributed by atoms with Crippen LogP contribution >= 0.6 is 0 Å². The normalized spacial score (nSPS) is 26.8. The van der Waals surface area contributed by atoms with Crippen molar-refractivity contribution in [3.63, 3.8) is 0 Å². The summed E-state index contributed by atoms with van der Waals surface area (Å²) in [5, 5.41) is 0. The van der Waals surface area contributed by atoms with Gasteiger partial charge in [0.05, 0.1) is 11.0 Å². The van der Waals surface area contributed by atoms with Crippen molar-refractivity contribution in [2.45, 2.75) is 59.2 Å². The van der Waals surface area contributed by atoms with E-state index in [-0.39, 0.29) is 17.2 Å². The molecule has 0 unspecified atom stereocenters. The van der Waals surface area contributed by atoms with Gasteiger partial charge in [0.25, 0.3) is 0 Å². The average Bonchev–Trinajstić information content (AvgIpc) is 2.95. The first-order valence-electron chi connectivity index (χ1n) is 9.12. The molecular formula is C20H26F3NO. The fraction of sp³-hybridized carbons (Fsp3) is 0.650. The van der Waals surface area contributed by atoms with Gasteiger partial charge in [-0.2, -0.15) is 13.2 Å². The number of carbonyl (C=O) groups excluding carboxylic acids is 1. The lowest BCUT2D eigenvalue weighted by atomic mass is 9.73. The van der Waals surface area contributed by atoms with E-state index < -0.39 is 11.7 Å². The van der Waals surface area contributed by atoms with E-state index in [1.54, 1.807) is 11.0 Å². The molecule has 25 heavy (non-hydrogen) atoms. The summed E-state index contributed by atoms with van der Waals surface area (Å²) < 4.78 is 39.0. The van der Waals surface area contributed by atoms with Gasteiger partial charge in [0.1, 0.15) is 0 Å². The number of carbonyl (C=O) groups is 1. The Labute approximate surface area is 147 Å². The number of amides is 1. The monoisotopic (exact) mass is 353 g/mol. The summed E-state index contributed by atoms with van der Waals surface area (Å²) >= 11 is 0. The van der Waals surface area contributed by atoms with Crippen LogP contribution in [0.5, 0.6) is 0 Å². The fourth-order valence-electron chi connectivity index (χ4n) is 4.52. The van der Waals surface area contributed by atoms with Crippen LogP contribution in [-0.2, 0) is 23.9 Å². The molecule has 2 nitrogen and oxygen atoms in total. The average molecular weight is 353 g/mol. The molecular weight excluding hydrogens is 327 g/mol. The summed E-state index contributed by atoms with van der Waals surface area (Å²) in [6.07, 6.45) is -0.900. The number of fused-ring (bicyclic) bond motifs is 1. The molecule has 1 fully saturated rings. The molecule has 1 aromatic carbocycles. The third kappa shape index (κ3) is 3.30. The lowest BCUT2D eigenvalue weighted by Crippen LogP contribution is -2.47. The Bertz CT molecular complexity index is 667. The Kier molecular flexibility index (Phi) is 4.63. The minimum absolute atomic E-state index is 0.134. The molecule has 1 heterocycles. The maximum Gasteiger partial charge on any atom is 0.416 e. The zero-order valence-corrected chi connectivity index (χ0v) is 15.1. The molecule has 0 radical (unpaired) electrons. The number of halogens is 3. The van der Waals surface area contributed by atoms with Crippen LogP contribution in [0.3, 0.4) is 0 Å². The number of nitrogens with zero attached hydrogens (tertiary/aromatic N) is 1. The van der Waals surface area contributed by atoms with Crippen LogP contribution in [0.15, 0.2) is 18.2 Å². The molecule has 138 valence electrons. The summed E-state index contributed by atoms with van der Waals surface area (Å²) in [5.41, 5.74) is 0.585. The highest BCUT2D eigenvalue weighted by Gasteiger charge is 2.48. The fourth-order valence-corrected chi connectivity index (χ4v) is 4.52. The van der Waals surface area contributed by atoms with Crippen LogP contribution in [0.25, 0.3) is 0 Å². The van der Waals surface area contributed by atoms with Crippen molar-refractivity contribution in [3.05, 3.63) is 34.9 Å². The number of rotatable bonds is 2. The molecule has 0 N–H and O–H groups in total. The molecule has 0 saturated heterocycles. The predicted octanol–water partition coefficient (Wildman–Crippen LogP) is 5.05. The summed E-state index contributed by atoms with van der Waals surface area (Å²) in [5.74, 6) is 0.906. The largest absolute Gasteiger partial charge is 0.416 e. The van der Waals surface area contributed by atoms with Crippen molar-refractivity contribution in [3.8, 4) is 0 Å². The molecule has 1 saturated carbocycles. The van der Waals surface area contributed by atoms with E-state index in [1.165, 1.54) is 6.07 Å². The second-order valence-corrected chi connectivity index (χ2v) is 8.12. The second kappa shape index (κ2) is 6.33. The van der Waals surface area contributed by atoms with Gasteiger partial charge in [-0.15, -0.1) is 0 Å². The van der Waals surface area contributed by atoms with Gasteiger partial charge in [0.2, 0.25) is 5.91 Å². The third-order valence-corrected chi connectivity index (χ3v) is 6.16. The quantitative estimate of drug-likeness (QED) is 0.728. The van der Waals surface area contributed by atoms with Gasteiger partial charge in [-0.05, 0) is 60.8 Å². The molecule has 0 bridgehead atoms. The highest BCUT2D eigenvalue weighted by Crippen LogP contribution is 2.48. The van der Waals surface area contributed by atoms with Crippen molar-refractivity contribution >= 4 is 5.91 Å². The van der Waals surface area contributed by atoms with E-state index >= 15 is 0 Å². The Morgan fingerprint density at radius 1 is 1.28 bits per heavy atom. The van der Waals surface area contributed by atoms with E-state index in [9.17, 15) is 18.0 Å². The third-order valence-electron chi connectivity index (χ3n) is 6.16. The maximum absolute atomic E-state index is 13.3. The number of hydrogen-bond donors (Lipinski definition) is 0. The summed E-state index contributed by atoms with van der Waals surface area (Å²) in [6, 6.07) is 3.93. The van der Waals surface area contributed by atoms with E-state index in [0.29, 0.717) is 31.0 Å². The Morgan fingerprint density at radius 3 is 2.56 bits per heavy atom. The molecule has 1 aliphatic heterocycles. The molecule has 1 aromatic rings. The predicted molar refractivity (Wildman–Crippen MR) is 90.9 cm³/mol. The molecule has 1 aliphatic carbocycles. The summed E-state index contributed by atoms with van der Waals surface area (Å²) in [4.78, 5) is 15.1. The van der Waals surface area contributed by atoms with E-state index in [4.69, 9.17) is 0 Å². The Morgan fingerprint density at radius 2 is 2.00 bits per heavy atom. The molecule has 1 amide bonds. The van der Waals surface area contributed by atoms with Crippen LogP contribution in [0.4, 0.5) is 13.2 Å². The van der Waals surface area contributed by atoms with Gasteiger partial charge in [-0.1, -0.05) is 26.8 Å². The maximum atomic E-state index is 13.3. The van der Waals surface area contributed by atoms with Gasteiger partial charge >= 0.3 is 6.18 Å². The molecule has 2 atom stereocenters. The first kappa shape index (κ1) is 18.3. The SMILES string of the molecule is CC(C)[C@]1(C(=O)N2CCc3ccc(C(F)(F)F)cc3C2)CC[C@@H](C)C1. The van der Waals surface area contributed by atoms with Crippen molar-refractivity contribution < 1.29 is 18.0 Å². The van der Waals surface area contributed by atoms with Gasteiger partial charge in [-0.3, -0.25) is 4.79 Å². The van der Waals surface area contributed by atoms with Crippen LogP contribution in [0.2, 0.25) is 0 Å². The lowest BCUT2D eigenvalue weighted by Gasteiger charge is -2.39. The number of benzene rings is 1. The minimum atomic E-state index is -4.35. The van der Waals surface area contributed by atoms with E-state index in [1.807, 2.05) is 0 Å². The minimum Gasteiger partial charge on any atom is -0.338 e. The van der Waals surface area contributed by atoms with Crippen molar-refractivity contribution in [2.75, 3.05) is 6.54 Å². The van der Waals surface area contributed by atoms with Gasteiger partial charge in [-0.25, -0.2) is 0 Å². The standard InChI is InChI=1S/C20H26F3NO/c1-13(2)19(8-6-14(3)11-19)18(25)24-9-7-15-4-5-17(20(21,22)23)10-16(15)12-24/h4-5,10,13-14H,6-9,11-12H2,1-3H3/t14-,19+/m1/s1. The van der Waals surface area contributed by atoms with Crippen LogP contribution < -0.4 is 0 Å². The Hall–Kier alpha value is -1.52. The van der Waals surface area contributed by atoms with Crippen molar-refractivity contribution in [1.82, 2.24) is 4.90 Å². The first-order chi connectivity index (χ1) is 11.6. The number of hydrogen-bond acceptors (Lipinski definition) is 1. The zero-order chi connectivity index (χ0) is 18.4. The van der Waals surface area contributed by atoms with Crippen LogP contribution in [0, 0.1) is 17.3 Å². The van der Waals surface area contributed by atoms with Gasteiger partial charge in [0, 0.05) is 13.1 Å². The van der Waals surface area contributed by atoms with Crippen molar-refractivity contribution in [2.24, 2.45) is 17.3 Å². The van der Waals surface area contributed by atoms with E-state index in [0.717, 1.165) is 30.9 Å². The van der Waals surface area contributed by atoms with Crippen molar-refractivity contribution in [1.29, 1.82) is 0 Å².